The maximum Gasteiger partial charge on any atom is 0.222 e. The number of benzene rings is 2. The lowest BCUT2D eigenvalue weighted by atomic mass is 10.1. The fourth-order valence-corrected chi connectivity index (χ4v) is 2.44. The molecule has 0 saturated heterocycles. The van der Waals surface area contributed by atoms with Crippen molar-refractivity contribution in [1.29, 1.82) is 5.26 Å². The van der Waals surface area contributed by atoms with Crippen molar-refractivity contribution in [2.45, 2.75) is 0 Å². The Morgan fingerprint density at radius 3 is 2.62 bits per heavy atom. The number of nitrogens with two attached hydrogens (primary N) is 2. The lowest BCUT2D eigenvalue weighted by molar-refractivity contribution is 0.364. The highest BCUT2D eigenvalue weighted by Gasteiger charge is 2.13. The van der Waals surface area contributed by atoms with Gasteiger partial charge in [0.15, 0.2) is 0 Å². The third-order valence-electron chi connectivity index (χ3n) is 3.63. The van der Waals surface area contributed by atoms with Gasteiger partial charge in [0.2, 0.25) is 5.95 Å². The van der Waals surface area contributed by atoms with Gasteiger partial charge in [-0.3, -0.25) is 0 Å². The first kappa shape index (κ1) is 17.0. The predicted molar refractivity (Wildman–Crippen MR) is 102 cm³/mol. The summed E-state index contributed by atoms with van der Waals surface area (Å²) in [7, 11) is 0. The SMILES string of the molecule is N#Cc1c(N)nc(N)nc1-c1cccc(OCC=Cc2ccccc2)c1. The van der Waals surface area contributed by atoms with Gasteiger partial charge in [0.1, 0.15) is 29.8 Å². The van der Waals surface area contributed by atoms with E-state index in [2.05, 4.69) is 9.97 Å². The Labute approximate surface area is 151 Å². The summed E-state index contributed by atoms with van der Waals surface area (Å²) in [6, 6.07) is 19.3. The Balaban J connectivity index is 1.77. The number of nitrogen functional groups attached to an aromatic ring is 2. The number of nitriles is 1. The Morgan fingerprint density at radius 2 is 1.85 bits per heavy atom. The molecule has 1 heterocycles. The van der Waals surface area contributed by atoms with E-state index >= 15 is 0 Å². The van der Waals surface area contributed by atoms with Crippen LogP contribution >= 0.6 is 0 Å². The molecule has 0 saturated carbocycles. The zero-order valence-electron chi connectivity index (χ0n) is 14.0. The topological polar surface area (TPSA) is 111 Å². The predicted octanol–water partition coefficient (Wildman–Crippen LogP) is 3.27. The largest absolute Gasteiger partial charge is 0.490 e. The second kappa shape index (κ2) is 7.81. The van der Waals surface area contributed by atoms with Gasteiger partial charge in [-0.1, -0.05) is 48.5 Å². The van der Waals surface area contributed by atoms with E-state index < -0.39 is 0 Å². The molecule has 6 nitrogen and oxygen atoms in total. The van der Waals surface area contributed by atoms with Gasteiger partial charge in [-0.15, -0.1) is 0 Å². The van der Waals surface area contributed by atoms with Crippen LogP contribution in [0.5, 0.6) is 5.75 Å². The Kier molecular flexibility index (Phi) is 5.11. The van der Waals surface area contributed by atoms with Crippen LogP contribution in [0, 0.1) is 11.3 Å². The normalized spacial score (nSPS) is 10.6. The fraction of sp³-hybridized carbons (Fsp3) is 0.0500. The molecule has 3 rings (SSSR count). The first-order chi connectivity index (χ1) is 12.7. The molecule has 2 aromatic carbocycles. The third-order valence-corrected chi connectivity index (χ3v) is 3.63. The highest BCUT2D eigenvalue weighted by atomic mass is 16.5. The molecule has 0 aliphatic rings. The van der Waals surface area contributed by atoms with E-state index in [1.54, 1.807) is 6.07 Å². The van der Waals surface area contributed by atoms with Crippen molar-refractivity contribution in [2.75, 3.05) is 18.1 Å². The van der Waals surface area contributed by atoms with E-state index in [-0.39, 0.29) is 17.3 Å². The second-order valence-electron chi connectivity index (χ2n) is 5.45. The minimum absolute atomic E-state index is 0.0219. The molecular weight excluding hydrogens is 326 g/mol. The molecule has 0 unspecified atom stereocenters. The fourth-order valence-electron chi connectivity index (χ4n) is 2.44. The zero-order chi connectivity index (χ0) is 18.4. The van der Waals surface area contributed by atoms with Crippen LogP contribution < -0.4 is 16.2 Å². The standard InChI is InChI=1S/C20H17N5O/c21-13-17-18(24-20(23)25-19(17)22)15-9-4-10-16(12-15)26-11-5-8-14-6-2-1-3-7-14/h1-10,12H,11H2,(H4,22,23,24,25). The second-order valence-corrected chi connectivity index (χ2v) is 5.45. The smallest absolute Gasteiger partial charge is 0.222 e. The van der Waals surface area contributed by atoms with E-state index in [0.29, 0.717) is 23.6 Å². The average Bonchev–Trinajstić information content (AvgIpc) is 2.66. The molecule has 0 fully saturated rings. The molecular formula is C20H17N5O. The Morgan fingerprint density at radius 1 is 1.04 bits per heavy atom. The molecule has 0 spiro atoms. The molecule has 0 radical (unpaired) electrons. The van der Waals surface area contributed by atoms with Crippen molar-refractivity contribution in [3.05, 3.63) is 71.8 Å². The van der Waals surface area contributed by atoms with Crippen LogP contribution in [-0.4, -0.2) is 16.6 Å². The average molecular weight is 343 g/mol. The first-order valence-corrected chi connectivity index (χ1v) is 7.95. The van der Waals surface area contributed by atoms with Crippen LogP contribution in [0.1, 0.15) is 11.1 Å². The van der Waals surface area contributed by atoms with Crippen molar-refractivity contribution in [3.63, 3.8) is 0 Å². The number of rotatable bonds is 5. The molecule has 6 heteroatoms. The summed E-state index contributed by atoms with van der Waals surface area (Å²) in [5.74, 6) is 0.737. The van der Waals surface area contributed by atoms with Gasteiger partial charge < -0.3 is 16.2 Å². The van der Waals surface area contributed by atoms with Gasteiger partial charge >= 0.3 is 0 Å². The van der Waals surface area contributed by atoms with Crippen molar-refractivity contribution >= 4 is 17.8 Å². The third kappa shape index (κ3) is 3.97. The number of anilines is 2. The summed E-state index contributed by atoms with van der Waals surface area (Å²) < 4.78 is 5.75. The number of ether oxygens (including phenoxy) is 1. The van der Waals surface area contributed by atoms with E-state index in [1.807, 2.05) is 66.8 Å². The highest BCUT2D eigenvalue weighted by Crippen LogP contribution is 2.28. The van der Waals surface area contributed by atoms with E-state index in [1.165, 1.54) is 0 Å². The van der Waals surface area contributed by atoms with Crippen LogP contribution in [0.3, 0.4) is 0 Å². The highest BCUT2D eigenvalue weighted by molar-refractivity contribution is 5.73. The quantitative estimate of drug-likeness (QED) is 0.735. The monoisotopic (exact) mass is 343 g/mol. The minimum Gasteiger partial charge on any atom is -0.490 e. The van der Waals surface area contributed by atoms with Gasteiger partial charge in [-0.25, -0.2) is 4.98 Å². The summed E-state index contributed by atoms with van der Waals surface area (Å²) in [6.07, 6.45) is 3.92. The Hall–Kier alpha value is -3.85. The minimum atomic E-state index is 0.0219. The molecule has 0 aliphatic heterocycles. The number of hydrogen-bond donors (Lipinski definition) is 2. The molecule has 128 valence electrons. The summed E-state index contributed by atoms with van der Waals surface area (Å²) in [4.78, 5) is 7.97. The van der Waals surface area contributed by atoms with Gasteiger partial charge in [0.25, 0.3) is 0 Å². The van der Waals surface area contributed by atoms with Gasteiger partial charge in [0.05, 0.1) is 5.69 Å². The zero-order valence-corrected chi connectivity index (χ0v) is 14.0. The van der Waals surface area contributed by atoms with Crippen molar-refractivity contribution in [3.8, 4) is 23.1 Å². The summed E-state index contributed by atoms with van der Waals surface area (Å²) in [6.45, 7) is 0.414. The maximum absolute atomic E-state index is 9.31. The van der Waals surface area contributed by atoms with Crippen molar-refractivity contribution in [2.24, 2.45) is 0 Å². The number of nitrogens with zero attached hydrogens (tertiary/aromatic N) is 3. The van der Waals surface area contributed by atoms with E-state index in [0.717, 1.165) is 5.56 Å². The van der Waals surface area contributed by atoms with Crippen LogP contribution in [0.15, 0.2) is 60.7 Å². The van der Waals surface area contributed by atoms with Gasteiger partial charge in [0, 0.05) is 5.56 Å². The number of aromatic nitrogens is 2. The lowest BCUT2D eigenvalue weighted by Gasteiger charge is -2.09. The molecule has 0 atom stereocenters. The maximum atomic E-state index is 9.31. The first-order valence-electron chi connectivity index (χ1n) is 7.95. The molecule has 4 N–H and O–H groups in total. The molecule has 0 bridgehead atoms. The van der Waals surface area contributed by atoms with Crippen molar-refractivity contribution < 1.29 is 4.74 Å². The van der Waals surface area contributed by atoms with E-state index in [9.17, 15) is 5.26 Å². The van der Waals surface area contributed by atoms with Crippen LogP contribution in [0.4, 0.5) is 11.8 Å². The Bertz CT molecular complexity index is 977. The van der Waals surface area contributed by atoms with Gasteiger partial charge in [-0.2, -0.15) is 10.2 Å². The number of hydrogen-bond acceptors (Lipinski definition) is 6. The van der Waals surface area contributed by atoms with Crippen molar-refractivity contribution in [1.82, 2.24) is 9.97 Å². The van der Waals surface area contributed by atoms with E-state index in [4.69, 9.17) is 16.2 Å². The van der Waals surface area contributed by atoms with Gasteiger partial charge in [-0.05, 0) is 23.8 Å². The lowest BCUT2D eigenvalue weighted by Crippen LogP contribution is -2.05. The molecule has 3 aromatic rings. The van der Waals surface area contributed by atoms with Crippen LogP contribution in [0.25, 0.3) is 17.3 Å². The van der Waals surface area contributed by atoms with Crippen LogP contribution in [0.2, 0.25) is 0 Å². The summed E-state index contributed by atoms with van der Waals surface area (Å²) in [5, 5.41) is 9.31. The molecule has 0 amide bonds. The molecule has 1 aromatic heterocycles. The van der Waals surface area contributed by atoms with Crippen LogP contribution in [-0.2, 0) is 0 Å². The summed E-state index contributed by atoms with van der Waals surface area (Å²) >= 11 is 0. The summed E-state index contributed by atoms with van der Waals surface area (Å²) in [5.41, 5.74) is 13.8. The molecule has 26 heavy (non-hydrogen) atoms. The molecule has 0 aliphatic carbocycles.